The normalized spacial score (nSPS) is 27.3. The van der Waals surface area contributed by atoms with Gasteiger partial charge in [-0.05, 0) is 32.1 Å². The first kappa shape index (κ1) is 15.7. The monoisotopic (exact) mass is 368 g/mol. The zero-order valence-electron chi connectivity index (χ0n) is 13.5. The van der Waals surface area contributed by atoms with Gasteiger partial charge in [0.25, 0.3) is 5.91 Å². The summed E-state index contributed by atoms with van der Waals surface area (Å²) in [5.41, 5.74) is -1.22. The molecule has 136 valence electrons. The molecule has 2 aliphatic heterocycles. The molecule has 1 aromatic heterocycles. The predicted octanol–water partition coefficient (Wildman–Crippen LogP) is 3.62. The molecule has 1 aliphatic carbocycles. The number of carbonyl (C=O) groups is 2. The highest BCUT2D eigenvalue weighted by atomic mass is 19.2. The van der Waals surface area contributed by atoms with Crippen LogP contribution in [-0.4, -0.2) is 28.9 Å². The molecule has 2 bridgehead atoms. The number of piperidine rings is 1. The number of urea groups is 1. The van der Waals surface area contributed by atoms with Crippen LogP contribution in [-0.2, 0) is 4.79 Å². The molecule has 2 saturated heterocycles. The van der Waals surface area contributed by atoms with Crippen LogP contribution in [0.15, 0.2) is 4.42 Å². The molecule has 3 aliphatic rings. The average Bonchev–Trinajstić information content (AvgIpc) is 3.35. The van der Waals surface area contributed by atoms with Crippen molar-refractivity contribution in [1.82, 2.24) is 4.90 Å². The number of carbonyl (C=O) groups excluding carboxylic acids is 2. The Morgan fingerprint density at radius 1 is 1.00 bits per heavy atom. The summed E-state index contributed by atoms with van der Waals surface area (Å²) in [4.78, 5) is 27.9. The average molecular weight is 368 g/mol. The van der Waals surface area contributed by atoms with Crippen molar-refractivity contribution in [2.45, 2.75) is 38.3 Å². The topological polar surface area (TPSA) is 53.8 Å². The van der Waals surface area contributed by atoms with Gasteiger partial charge >= 0.3 is 6.03 Å². The zero-order chi connectivity index (χ0) is 18.5. The summed E-state index contributed by atoms with van der Waals surface area (Å²) in [6.45, 7) is 1.28. The van der Waals surface area contributed by atoms with Gasteiger partial charge in [-0.3, -0.25) is 4.79 Å². The first-order valence-electron chi connectivity index (χ1n) is 8.24. The van der Waals surface area contributed by atoms with Crippen molar-refractivity contribution in [3.05, 3.63) is 29.0 Å². The van der Waals surface area contributed by atoms with E-state index >= 15 is 0 Å². The van der Waals surface area contributed by atoms with Gasteiger partial charge in [0.2, 0.25) is 11.6 Å². The van der Waals surface area contributed by atoms with Gasteiger partial charge in [0.1, 0.15) is 17.5 Å². The third-order valence-corrected chi connectivity index (χ3v) is 5.74. The number of hydrogen-bond acceptors (Lipinski definition) is 3. The number of anilines is 1. The minimum Gasteiger partial charge on any atom is -0.456 e. The highest BCUT2D eigenvalue weighted by Crippen LogP contribution is 2.49. The Morgan fingerprint density at radius 2 is 1.69 bits per heavy atom. The van der Waals surface area contributed by atoms with Crippen molar-refractivity contribution in [3.63, 3.8) is 0 Å². The van der Waals surface area contributed by atoms with E-state index in [1.54, 1.807) is 0 Å². The lowest BCUT2D eigenvalue weighted by molar-refractivity contribution is -0.120. The number of hydrogen-bond donors (Lipinski definition) is 0. The van der Waals surface area contributed by atoms with Gasteiger partial charge in [0, 0.05) is 6.04 Å². The molecule has 0 radical (unpaired) electrons. The van der Waals surface area contributed by atoms with E-state index < -0.39 is 52.2 Å². The quantitative estimate of drug-likeness (QED) is 0.334. The number of benzene rings is 1. The van der Waals surface area contributed by atoms with Crippen LogP contribution in [0.1, 0.15) is 25.0 Å². The molecule has 1 saturated carbocycles. The number of halogens is 4. The molecule has 3 fully saturated rings. The minimum absolute atomic E-state index is 0.0238. The molecule has 26 heavy (non-hydrogen) atoms. The lowest BCUT2D eigenvalue weighted by Crippen LogP contribution is -2.40. The van der Waals surface area contributed by atoms with E-state index in [4.69, 9.17) is 4.42 Å². The van der Waals surface area contributed by atoms with Crippen LogP contribution in [0.3, 0.4) is 0 Å². The van der Waals surface area contributed by atoms with Crippen LogP contribution in [0.25, 0.3) is 11.0 Å². The van der Waals surface area contributed by atoms with Gasteiger partial charge in [-0.1, -0.05) is 0 Å². The molecule has 2 aromatic rings. The maximum Gasteiger partial charge on any atom is 0.332 e. The Hall–Kier alpha value is -2.58. The maximum atomic E-state index is 14.4. The summed E-state index contributed by atoms with van der Waals surface area (Å²) < 4.78 is 60.6. The first-order chi connectivity index (χ1) is 12.3. The van der Waals surface area contributed by atoms with Crippen molar-refractivity contribution in [1.29, 1.82) is 0 Å². The molecular weight excluding hydrogens is 356 g/mol. The Balaban J connectivity index is 1.75. The number of rotatable bonds is 1. The third-order valence-electron chi connectivity index (χ3n) is 5.74. The van der Waals surface area contributed by atoms with Crippen molar-refractivity contribution in [2.75, 3.05) is 4.90 Å². The summed E-state index contributed by atoms with van der Waals surface area (Å²) in [7, 11) is 0. The van der Waals surface area contributed by atoms with E-state index in [0.29, 0.717) is 0 Å². The summed E-state index contributed by atoms with van der Waals surface area (Å²) in [5, 5.41) is -0.742. The van der Waals surface area contributed by atoms with Crippen molar-refractivity contribution in [3.8, 4) is 0 Å². The van der Waals surface area contributed by atoms with Crippen LogP contribution in [0.5, 0.6) is 0 Å². The van der Waals surface area contributed by atoms with E-state index in [1.165, 1.54) is 11.8 Å². The third kappa shape index (κ3) is 1.61. The molecule has 5 nitrogen and oxygen atoms in total. The largest absolute Gasteiger partial charge is 0.456 e. The molecule has 9 heteroatoms. The molecule has 3 atom stereocenters. The molecule has 1 aromatic carbocycles. The molecule has 0 unspecified atom stereocenters. The highest BCUT2D eigenvalue weighted by molar-refractivity contribution is 6.25. The summed E-state index contributed by atoms with van der Waals surface area (Å²) in [6, 6.07) is -1.38. The maximum absolute atomic E-state index is 14.4. The zero-order valence-corrected chi connectivity index (χ0v) is 13.5. The fourth-order valence-electron chi connectivity index (χ4n) is 4.69. The predicted molar refractivity (Wildman–Crippen MR) is 80.4 cm³/mol. The van der Waals surface area contributed by atoms with Gasteiger partial charge < -0.3 is 9.32 Å². The second kappa shape index (κ2) is 4.77. The highest BCUT2D eigenvalue weighted by Gasteiger charge is 2.60. The number of nitrogens with zero attached hydrogens (tertiary/aromatic N) is 2. The summed E-state index contributed by atoms with van der Waals surface area (Å²) in [6.07, 6.45) is 2.33. The second-order valence-corrected chi connectivity index (χ2v) is 7.00. The molecular formula is C17H12F4N2O3. The van der Waals surface area contributed by atoms with E-state index in [9.17, 15) is 27.2 Å². The number of imide groups is 1. The standard InChI is InChI=1S/C17H12F4N2O3/c1-5-13(8-9(18)10(19)11(20)12(21)15(8)26-5)23-16(24)14-6-2-3-7(4-6)22(14)17(23)25/h6-7,14H,2-4H2,1H3/t6-,7+,14-/m1/s1. The lowest BCUT2D eigenvalue weighted by atomic mass is 9.99. The first-order valence-corrected chi connectivity index (χ1v) is 8.24. The second-order valence-electron chi connectivity index (χ2n) is 7.00. The van der Waals surface area contributed by atoms with E-state index in [1.807, 2.05) is 0 Å². The van der Waals surface area contributed by atoms with Gasteiger partial charge in [-0.2, -0.15) is 4.39 Å². The lowest BCUT2D eigenvalue weighted by Gasteiger charge is -2.25. The molecule has 0 spiro atoms. The summed E-state index contributed by atoms with van der Waals surface area (Å²) >= 11 is 0. The van der Waals surface area contributed by atoms with Gasteiger partial charge in [-0.15, -0.1) is 0 Å². The Labute approximate surface area is 144 Å². The molecule has 3 amide bonds. The summed E-state index contributed by atoms with van der Waals surface area (Å²) in [5.74, 6) is -8.13. The van der Waals surface area contributed by atoms with Gasteiger partial charge in [0.15, 0.2) is 17.2 Å². The molecule has 5 rings (SSSR count). The van der Waals surface area contributed by atoms with Crippen LogP contribution in [0, 0.1) is 36.1 Å². The molecule has 0 N–H and O–H groups in total. The SMILES string of the molecule is Cc1oc2c(F)c(F)c(F)c(F)c2c1N1C(=O)[C@H]2[C@@H]3CC[C@@H](C3)N2C1=O. The molecule has 3 heterocycles. The Kier molecular flexibility index (Phi) is 2.87. The van der Waals surface area contributed by atoms with Crippen molar-refractivity contribution < 1.29 is 31.6 Å². The number of furan rings is 1. The van der Waals surface area contributed by atoms with Crippen molar-refractivity contribution in [2.24, 2.45) is 5.92 Å². The fraction of sp³-hybridized carbons (Fsp3) is 0.412. The number of aryl methyl sites for hydroxylation is 1. The van der Waals surface area contributed by atoms with E-state index in [0.717, 1.165) is 24.2 Å². The van der Waals surface area contributed by atoms with Crippen molar-refractivity contribution >= 4 is 28.6 Å². The van der Waals surface area contributed by atoms with Crippen LogP contribution in [0.2, 0.25) is 0 Å². The van der Waals surface area contributed by atoms with E-state index in [-0.39, 0.29) is 23.4 Å². The van der Waals surface area contributed by atoms with E-state index in [2.05, 4.69) is 0 Å². The number of fused-ring (bicyclic) bond motifs is 6. The van der Waals surface area contributed by atoms with Crippen LogP contribution >= 0.6 is 0 Å². The Morgan fingerprint density at radius 3 is 2.38 bits per heavy atom. The smallest absolute Gasteiger partial charge is 0.332 e. The number of amides is 3. The Bertz CT molecular complexity index is 990. The minimum atomic E-state index is -2.02. The van der Waals surface area contributed by atoms with Gasteiger partial charge in [0.05, 0.1) is 5.39 Å². The van der Waals surface area contributed by atoms with Crippen LogP contribution < -0.4 is 4.90 Å². The van der Waals surface area contributed by atoms with Crippen LogP contribution in [0.4, 0.5) is 28.0 Å². The van der Waals surface area contributed by atoms with Gasteiger partial charge in [-0.25, -0.2) is 22.9 Å². The fourth-order valence-corrected chi connectivity index (χ4v) is 4.69.